The maximum absolute atomic E-state index is 11.0. The van der Waals surface area contributed by atoms with Crippen LogP contribution in [0.5, 0.6) is 0 Å². The summed E-state index contributed by atoms with van der Waals surface area (Å²) in [7, 11) is -4.34. The molecule has 1 aromatic rings. The van der Waals surface area contributed by atoms with Gasteiger partial charge in [0.15, 0.2) is 5.17 Å². The van der Waals surface area contributed by atoms with Gasteiger partial charge in [-0.3, -0.25) is 9.35 Å². The zero-order valence-corrected chi connectivity index (χ0v) is 11.6. The van der Waals surface area contributed by atoms with Crippen molar-refractivity contribution in [3.05, 3.63) is 23.8 Å². The largest absolute Gasteiger partial charge is 0.398 e. The first-order chi connectivity index (χ1) is 9.36. The molecular weight excluding hydrogens is 304 g/mol. The van der Waals surface area contributed by atoms with Crippen molar-refractivity contribution in [3.8, 4) is 0 Å². The van der Waals surface area contributed by atoms with Gasteiger partial charge in [-0.25, -0.2) is 0 Å². The van der Waals surface area contributed by atoms with Crippen molar-refractivity contribution in [2.24, 2.45) is 10.2 Å². The molecule has 10 heteroatoms. The number of nitrogen functional groups attached to an aromatic ring is 1. The minimum Gasteiger partial charge on any atom is -0.398 e. The molecule has 1 aliphatic rings. The number of nitrogens with zero attached hydrogens (tertiary/aromatic N) is 2. The van der Waals surface area contributed by atoms with E-state index in [2.05, 4.69) is 15.5 Å². The van der Waals surface area contributed by atoms with E-state index in [1.807, 2.05) is 0 Å². The SMILES string of the molecule is Nc1cc(C=NN=C2NC(=O)CS2)ccc1S(=O)(=O)O. The molecule has 1 fully saturated rings. The fourth-order valence-corrected chi connectivity index (χ4v) is 2.64. The van der Waals surface area contributed by atoms with E-state index in [4.69, 9.17) is 10.3 Å². The maximum atomic E-state index is 11.0. The van der Waals surface area contributed by atoms with Gasteiger partial charge in [-0.15, -0.1) is 5.10 Å². The molecule has 1 heterocycles. The molecular formula is C10H10N4O4S2. The second-order valence-corrected chi connectivity index (χ2v) is 6.11. The van der Waals surface area contributed by atoms with Crippen LogP contribution in [0.1, 0.15) is 5.56 Å². The fraction of sp³-hybridized carbons (Fsp3) is 0.100. The van der Waals surface area contributed by atoms with Crippen LogP contribution in [0.15, 0.2) is 33.3 Å². The number of amidine groups is 1. The lowest BCUT2D eigenvalue weighted by molar-refractivity contribution is -0.116. The number of benzene rings is 1. The van der Waals surface area contributed by atoms with Gasteiger partial charge in [0.25, 0.3) is 10.1 Å². The van der Waals surface area contributed by atoms with E-state index in [0.29, 0.717) is 16.5 Å². The molecule has 8 nitrogen and oxygen atoms in total. The summed E-state index contributed by atoms with van der Waals surface area (Å²) in [4.78, 5) is 10.5. The zero-order valence-electron chi connectivity index (χ0n) is 9.98. The molecule has 0 bridgehead atoms. The van der Waals surface area contributed by atoms with Crippen molar-refractivity contribution in [3.63, 3.8) is 0 Å². The number of hydrogen-bond acceptors (Lipinski definition) is 7. The summed E-state index contributed by atoms with van der Waals surface area (Å²) in [5.74, 6) is 0.176. The second kappa shape index (κ2) is 5.61. The van der Waals surface area contributed by atoms with Gasteiger partial charge in [0, 0.05) is 0 Å². The number of amides is 1. The number of carbonyl (C=O) groups is 1. The average Bonchev–Trinajstić information content (AvgIpc) is 2.73. The predicted molar refractivity (Wildman–Crippen MR) is 76.3 cm³/mol. The van der Waals surface area contributed by atoms with Crippen molar-refractivity contribution in [2.75, 3.05) is 11.5 Å². The zero-order chi connectivity index (χ0) is 14.8. The summed E-state index contributed by atoms with van der Waals surface area (Å²) in [6, 6.07) is 3.93. The summed E-state index contributed by atoms with van der Waals surface area (Å²) in [6.45, 7) is 0. The van der Waals surface area contributed by atoms with Crippen LogP contribution in [0.3, 0.4) is 0 Å². The third-order valence-electron chi connectivity index (χ3n) is 2.25. The molecule has 1 saturated heterocycles. The number of thioether (sulfide) groups is 1. The van der Waals surface area contributed by atoms with Crippen molar-refractivity contribution in [1.29, 1.82) is 0 Å². The Morgan fingerprint density at radius 3 is 2.75 bits per heavy atom. The Hall–Kier alpha value is -1.91. The summed E-state index contributed by atoms with van der Waals surface area (Å²) in [5.41, 5.74) is 5.94. The first kappa shape index (κ1) is 14.5. The van der Waals surface area contributed by atoms with Gasteiger partial charge in [-0.2, -0.15) is 13.5 Å². The van der Waals surface area contributed by atoms with Gasteiger partial charge in [-0.05, 0) is 17.7 Å². The highest BCUT2D eigenvalue weighted by Crippen LogP contribution is 2.18. The summed E-state index contributed by atoms with van der Waals surface area (Å²) >= 11 is 1.23. The van der Waals surface area contributed by atoms with Crippen molar-refractivity contribution in [1.82, 2.24) is 5.32 Å². The molecule has 0 unspecified atom stereocenters. The molecule has 0 radical (unpaired) electrons. The maximum Gasteiger partial charge on any atom is 0.296 e. The minimum atomic E-state index is -4.34. The summed E-state index contributed by atoms with van der Waals surface area (Å²) < 4.78 is 30.8. The number of carbonyl (C=O) groups excluding carboxylic acids is 1. The lowest BCUT2D eigenvalue weighted by Gasteiger charge is -2.02. The molecule has 20 heavy (non-hydrogen) atoms. The number of nitrogens with two attached hydrogens (primary N) is 1. The molecule has 0 spiro atoms. The molecule has 1 aliphatic heterocycles. The quantitative estimate of drug-likeness (QED) is 0.313. The number of rotatable bonds is 3. The fourth-order valence-electron chi connectivity index (χ4n) is 1.41. The highest BCUT2D eigenvalue weighted by atomic mass is 32.2. The number of hydrogen-bond donors (Lipinski definition) is 3. The van der Waals surface area contributed by atoms with Crippen molar-refractivity contribution in [2.45, 2.75) is 4.90 Å². The van der Waals surface area contributed by atoms with E-state index in [1.165, 1.54) is 36.2 Å². The minimum absolute atomic E-state index is 0.0901. The Labute approximate surface area is 118 Å². The standard InChI is InChI=1S/C10H10N4O4S2/c11-7-3-6(1-2-8(7)20(16,17)18)4-12-14-10-13-9(15)5-19-10/h1-4H,5,11H2,(H,13,14,15)(H,16,17,18). The normalized spacial score (nSPS) is 17.9. The van der Waals surface area contributed by atoms with E-state index < -0.39 is 10.1 Å². The van der Waals surface area contributed by atoms with E-state index in [1.54, 1.807) is 0 Å². The van der Waals surface area contributed by atoms with E-state index in [9.17, 15) is 13.2 Å². The van der Waals surface area contributed by atoms with Gasteiger partial charge in [0.05, 0.1) is 17.7 Å². The molecule has 4 N–H and O–H groups in total. The van der Waals surface area contributed by atoms with Gasteiger partial charge in [0.2, 0.25) is 5.91 Å². The Kier molecular flexibility index (Phi) is 4.06. The van der Waals surface area contributed by atoms with Crippen LogP contribution in [0, 0.1) is 0 Å². The third kappa shape index (κ3) is 3.56. The highest BCUT2D eigenvalue weighted by molar-refractivity contribution is 8.15. The van der Waals surface area contributed by atoms with Crippen LogP contribution in [-0.2, 0) is 14.9 Å². The van der Waals surface area contributed by atoms with Gasteiger partial charge >= 0.3 is 0 Å². The van der Waals surface area contributed by atoms with Crippen LogP contribution >= 0.6 is 11.8 Å². The Morgan fingerprint density at radius 2 is 2.20 bits per heavy atom. The molecule has 106 valence electrons. The number of anilines is 1. The summed E-state index contributed by atoms with van der Waals surface area (Å²) in [6.07, 6.45) is 1.35. The summed E-state index contributed by atoms with van der Waals surface area (Å²) in [5, 5.41) is 10.4. The Morgan fingerprint density at radius 1 is 1.45 bits per heavy atom. The van der Waals surface area contributed by atoms with Crippen LogP contribution in [0.25, 0.3) is 0 Å². The van der Waals surface area contributed by atoms with E-state index in [-0.39, 0.29) is 16.5 Å². The molecule has 2 rings (SSSR count). The monoisotopic (exact) mass is 314 g/mol. The molecule has 0 aromatic heterocycles. The Bertz CT molecular complexity index is 712. The molecule has 0 aliphatic carbocycles. The molecule has 1 aromatic carbocycles. The van der Waals surface area contributed by atoms with E-state index >= 15 is 0 Å². The van der Waals surface area contributed by atoms with Crippen molar-refractivity contribution >= 4 is 44.9 Å². The smallest absolute Gasteiger partial charge is 0.296 e. The van der Waals surface area contributed by atoms with Gasteiger partial charge in [0.1, 0.15) is 4.90 Å². The predicted octanol–water partition coefficient (Wildman–Crippen LogP) is 0.0684. The topological polar surface area (TPSA) is 134 Å². The lowest BCUT2D eigenvalue weighted by Crippen LogP contribution is -2.19. The lowest BCUT2D eigenvalue weighted by atomic mass is 10.2. The Balaban J connectivity index is 2.15. The van der Waals surface area contributed by atoms with Crippen LogP contribution in [0.2, 0.25) is 0 Å². The molecule has 1 amide bonds. The first-order valence-electron chi connectivity index (χ1n) is 5.27. The number of nitrogens with one attached hydrogen (secondary N) is 1. The highest BCUT2D eigenvalue weighted by Gasteiger charge is 2.16. The first-order valence-corrected chi connectivity index (χ1v) is 7.69. The molecule has 0 atom stereocenters. The second-order valence-electron chi connectivity index (χ2n) is 3.76. The van der Waals surface area contributed by atoms with Gasteiger partial charge in [-0.1, -0.05) is 17.8 Å². The van der Waals surface area contributed by atoms with Crippen LogP contribution < -0.4 is 11.1 Å². The molecule has 0 saturated carbocycles. The average molecular weight is 314 g/mol. The third-order valence-corrected chi connectivity index (χ3v) is 4.04. The van der Waals surface area contributed by atoms with E-state index in [0.717, 1.165) is 0 Å². The van der Waals surface area contributed by atoms with Crippen LogP contribution in [-0.4, -0.2) is 36.0 Å². The van der Waals surface area contributed by atoms with Gasteiger partial charge < -0.3 is 11.1 Å². The van der Waals surface area contributed by atoms with Crippen molar-refractivity contribution < 1.29 is 17.8 Å². The van der Waals surface area contributed by atoms with Crippen LogP contribution in [0.4, 0.5) is 5.69 Å².